The highest BCUT2D eigenvalue weighted by atomic mass is 16.2. The van der Waals surface area contributed by atoms with Crippen LogP contribution in [-0.2, 0) is 9.59 Å². The lowest BCUT2D eigenvalue weighted by Crippen LogP contribution is -2.43. The van der Waals surface area contributed by atoms with Crippen molar-refractivity contribution < 1.29 is 14.4 Å². The summed E-state index contributed by atoms with van der Waals surface area (Å²) in [7, 11) is 0. The molecule has 0 saturated carbocycles. The zero-order chi connectivity index (χ0) is 25.2. The summed E-state index contributed by atoms with van der Waals surface area (Å²) in [5.74, 6) is -0.710. The van der Waals surface area contributed by atoms with Gasteiger partial charge >= 0.3 is 0 Å². The Morgan fingerprint density at radius 2 is 1.78 bits per heavy atom. The number of ketones is 1. The largest absolute Gasteiger partial charge is 0.323 e. The molecule has 1 fully saturated rings. The molecule has 182 valence electrons. The van der Waals surface area contributed by atoms with Crippen molar-refractivity contribution in [1.29, 1.82) is 0 Å². The highest BCUT2D eigenvalue weighted by Crippen LogP contribution is 2.35. The second-order valence-corrected chi connectivity index (χ2v) is 9.62. The Morgan fingerprint density at radius 3 is 2.47 bits per heavy atom. The number of fused-ring (bicyclic) bond motifs is 1. The average Bonchev–Trinajstić information content (AvgIpc) is 3.49. The van der Waals surface area contributed by atoms with Crippen LogP contribution in [0.15, 0.2) is 84.8 Å². The van der Waals surface area contributed by atoms with E-state index < -0.39 is 12.0 Å². The lowest BCUT2D eigenvalue weighted by atomic mass is 9.87. The van der Waals surface area contributed by atoms with Gasteiger partial charge in [-0.1, -0.05) is 44.2 Å². The summed E-state index contributed by atoms with van der Waals surface area (Å²) in [5.41, 5.74) is 3.54. The summed E-state index contributed by atoms with van der Waals surface area (Å²) in [4.78, 5) is 51.8. The first kappa shape index (κ1) is 23.6. The Bertz CT molecular complexity index is 1320. The lowest BCUT2D eigenvalue weighted by Gasteiger charge is -2.28. The van der Waals surface area contributed by atoms with Crippen LogP contribution in [0.2, 0.25) is 0 Å². The van der Waals surface area contributed by atoms with Gasteiger partial charge in [0.05, 0.1) is 18.2 Å². The summed E-state index contributed by atoms with van der Waals surface area (Å²) in [6, 6.07) is 18.0. The van der Waals surface area contributed by atoms with Crippen LogP contribution in [0.3, 0.4) is 0 Å². The van der Waals surface area contributed by atoms with Gasteiger partial charge in [-0.3, -0.25) is 24.4 Å². The number of carbonyl (C=O) groups excluding carboxylic acids is 3. The molecule has 2 atom stereocenters. The van der Waals surface area contributed by atoms with Crippen molar-refractivity contribution in [2.24, 2.45) is 5.92 Å². The minimum Gasteiger partial charge on any atom is -0.323 e. The van der Waals surface area contributed by atoms with E-state index in [-0.39, 0.29) is 35.8 Å². The summed E-state index contributed by atoms with van der Waals surface area (Å²) in [6.45, 7) is 4.42. The van der Waals surface area contributed by atoms with Crippen LogP contribution in [-0.4, -0.2) is 56.5 Å². The zero-order valence-corrected chi connectivity index (χ0v) is 20.4. The molecule has 5 rings (SSSR count). The van der Waals surface area contributed by atoms with E-state index in [1.165, 1.54) is 4.90 Å². The summed E-state index contributed by atoms with van der Waals surface area (Å²) >= 11 is 0. The molecule has 36 heavy (non-hydrogen) atoms. The first-order valence-electron chi connectivity index (χ1n) is 12.2. The summed E-state index contributed by atoms with van der Waals surface area (Å²) < 4.78 is 0. The summed E-state index contributed by atoms with van der Waals surface area (Å²) in [6.07, 6.45) is 5.77. The van der Waals surface area contributed by atoms with Crippen LogP contribution in [0.25, 0.3) is 11.3 Å². The monoisotopic (exact) mass is 480 g/mol. The highest BCUT2D eigenvalue weighted by molar-refractivity contribution is 6.04. The second-order valence-electron chi connectivity index (χ2n) is 9.62. The average molecular weight is 481 g/mol. The van der Waals surface area contributed by atoms with Crippen LogP contribution in [0.5, 0.6) is 0 Å². The number of likely N-dealkylation sites (tertiary alicyclic amines) is 1. The van der Waals surface area contributed by atoms with E-state index in [1.807, 2.05) is 48.5 Å². The van der Waals surface area contributed by atoms with Gasteiger partial charge in [0.1, 0.15) is 11.7 Å². The number of carbonyl (C=O) groups is 3. The Hall–Kier alpha value is -4.13. The van der Waals surface area contributed by atoms with Crippen molar-refractivity contribution >= 4 is 17.6 Å². The van der Waals surface area contributed by atoms with Gasteiger partial charge in [0.25, 0.3) is 5.91 Å². The molecular weight excluding hydrogens is 452 g/mol. The van der Waals surface area contributed by atoms with E-state index in [0.29, 0.717) is 18.7 Å². The fourth-order valence-electron chi connectivity index (χ4n) is 5.03. The van der Waals surface area contributed by atoms with Crippen LogP contribution in [0.1, 0.15) is 42.2 Å². The maximum absolute atomic E-state index is 14.0. The molecule has 2 aromatic heterocycles. The molecule has 0 spiro atoms. The SMILES string of the molecule is CC(C)CC(C(=O)N1CC=C2C1C(=O)CN2C(=O)c1ccccn1)c1cccc(-c2ccccn2)c1. The number of hydrogen-bond acceptors (Lipinski definition) is 5. The van der Waals surface area contributed by atoms with Crippen LogP contribution >= 0.6 is 0 Å². The summed E-state index contributed by atoms with van der Waals surface area (Å²) in [5, 5.41) is 0. The van der Waals surface area contributed by atoms with Gasteiger partial charge in [0, 0.05) is 30.2 Å². The minimum atomic E-state index is -0.737. The van der Waals surface area contributed by atoms with E-state index in [0.717, 1.165) is 16.8 Å². The van der Waals surface area contributed by atoms with Crippen LogP contribution < -0.4 is 0 Å². The Labute approximate surface area is 210 Å². The minimum absolute atomic E-state index is 0.0559. The molecule has 2 aliphatic heterocycles. The van der Waals surface area contributed by atoms with Gasteiger partial charge in [0.2, 0.25) is 5.91 Å². The normalized spacial score (nSPS) is 17.8. The van der Waals surface area contributed by atoms with Gasteiger partial charge in [0.15, 0.2) is 5.78 Å². The molecule has 2 aliphatic rings. The predicted octanol–water partition coefficient (Wildman–Crippen LogP) is 4.09. The lowest BCUT2D eigenvalue weighted by molar-refractivity contribution is -0.137. The van der Waals surface area contributed by atoms with Crippen molar-refractivity contribution in [3.05, 3.63) is 96.1 Å². The maximum atomic E-state index is 14.0. The van der Waals surface area contributed by atoms with Crippen molar-refractivity contribution in [3.8, 4) is 11.3 Å². The third kappa shape index (κ3) is 4.44. The van der Waals surface area contributed by atoms with Crippen molar-refractivity contribution in [3.63, 3.8) is 0 Å². The number of hydrogen-bond donors (Lipinski definition) is 0. The van der Waals surface area contributed by atoms with E-state index >= 15 is 0 Å². The zero-order valence-electron chi connectivity index (χ0n) is 20.4. The van der Waals surface area contributed by atoms with Crippen molar-refractivity contribution in [2.75, 3.05) is 13.1 Å². The Balaban J connectivity index is 1.42. The molecule has 0 aliphatic carbocycles. The fraction of sp³-hybridized carbons (Fsp3) is 0.276. The number of benzene rings is 1. The Morgan fingerprint density at radius 1 is 1.00 bits per heavy atom. The highest BCUT2D eigenvalue weighted by Gasteiger charge is 2.48. The van der Waals surface area contributed by atoms with Crippen LogP contribution in [0, 0.1) is 5.92 Å². The first-order chi connectivity index (χ1) is 17.4. The molecule has 3 aromatic rings. The molecule has 2 amide bonds. The molecule has 0 radical (unpaired) electrons. The van der Waals surface area contributed by atoms with Crippen LogP contribution in [0.4, 0.5) is 0 Å². The number of aromatic nitrogens is 2. The third-order valence-corrected chi connectivity index (χ3v) is 6.69. The first-order valence-corrected chi connectivity index (χ1v) is 12.2. The molecule has 1 saturated heterocycles. The van der Waals surface area contributed by atoms with E-state index in [2.05, 4.69) is 23.8 Å². The van der Waals surface area contributed by atoms with Gasteiger partial charge in [-0.15, -0.1) is 0 Å². The number of Topliss-reactive ketones (excluding diaryl/α,β-unsaturated/α-hetero) is 1. The molecule has 2 unspecified atom stereocenters. The smallest absolute Gasteiger partial charge is 0.277 e. The fourth-order valence-corrected chi connectivity index (χ4v) is 5.03. The molecule has 1 aromatic carbocycles. The quantitative estimate of drug-likeness (QED) is 0.531. The molecule has 7 heteroatoms. The third-order valence-electron chi connectivity index (χ3n) is 6.69. The predicted molar refractivity (Wildman–Crippen MR) is 136 cm³/mol. The van der Waals surface area contributed by atoms with E-state index in [9.17, 15) is 14.4 Å². The molecule has 0 bridgehead atoms. The van der Waals surface area contributed by atoms with Gasteiger partial charge < -0.3 is 9.80 Å². The molecule has 7 nitrogen and oxygen atoms in total. The standard InChI is InChI=1S/C29H28N4O3/c1-19(2)16-22(20-8-7-9-21(17-20)23-10-3-5-13-30-23)28(35)32-15-12-25-27(32)26(34)18-33(25)29(36)24-11-4-6-14-31-24/h3-14,17,19,22,27H,15-16,18H2,1-2H3. The molecule has 4 heterocycles. The van der Waals surface area contributed by atoms with Crippen molar-refractivity contribution in [2.45, 2.75) is 32.2 Å². The molecular formula is C29H28N4O3. The molecule has 0 N–H and O–H groups in total. The van der Waals surface area contributed by atoms with E-state index in [4.69, 9.17) is 0 Å². The van der Waals surface area contributed by atoms with Gasteiger partial charge in [-0.25, -0.2) is 0 Å². The van der Waals surface area contributed by atoms with E-state index in [1.54, 1.807) is 35.5 Å². The number of pyridine rings is 2. The van der Waals surface area contributed by atoms with Crippen molar-refractivity contribution in [1.82, 2.24) is 19.8 Å². The Kier molecular flexibility index (Phi) is 6.46. The second kappa shape index (κ2) is 9.85. The number of rotatable bonds is 6. The van der Waals surface area contributed by atoms with Gasteiger partial charge in [-0.2, -0.15) is 0 Å². The maximum Gasteiger partial charge on any atom is 0.277 e. The number of amides is 2. The van der Waals surface area contributed by atoms with Gasteiger partial charge in [-0.05, 0) is 54.3 Å². The number of nitrogens with zero attached hydrogens (tertiary/aromatic N) is 4. The topological polar surface area (TPSA) is 83.5 Å².